The fraction of sp³-hybridized carbons (Fsp3) is 0.455. The van der Waals surface area contributed by atoms with Crippen LogP contribution in [0, 0.1) is 0 Å². The standard InChI is InChI=1S/C11H15BrS/c1-11(2,3)13-8-9-6-4-5-7-10(9)12/h4-7H,8H2,1-3H3. The molecule has 0 unspecified atom stereocenters. The first-order chi connectivity index (χ1) is 5.99. The summed E-state index contributed by atoms with van der Waals surface area (Å²) < 4.78 is 1.56. The minimum Gasteiger partial charge on any atom is -0.151 e. The number of benzene rings is 1. The summed E-state index contributed by atoms with van der Waals surface area (Å²) in [5, 5.41) is 0. The number of halogens is 1. The molecular weight excluding hydrogens is 244 g/mol. The summed E-state index contributed by atoms with van der Waals surface area (Å²) in [7, 11) is 0. The molecule has 0 aliphatic rings. The van der Waals surface area contributed by atoms with Crippen molar-refractivity contribution in [2.75, 3.05) is 0 Å². The van der Waals surface area contributed by atoms with Crippen molar-refractivity contribution in [3.63, 3.8) is 0 Å². The summed E-state index contributed by atoms with van der Waals surface area (Å²) in [5.41, 5.74) is 1.38. The third-order valence-electron chi connectivity index (χ3n) is 1.62. The average Bonchev–Trinajstić information content (AvgIpc) is 2.01. The molecule has 0 aliphatic heterocycles. The molecule has 1 aromatic carbocycles. The van der Waals surface area contributed by atoms with Crippen LogP contribution in [0.2, 0.25) is 0 Å². The van der Waals surface area contributed by atoms with Crippen LogP contribution in [0.3, 0.4) is 0 Å². The number of hydrogen-bond acceptors (Lipinski definition) is 1. The molecule has 0 aromatic heterocycles. The summed E-state index contributed by atoms with van der Waals surface area (Å²) in [4.78, 5) is 0. The molecule has 0 saturated heterocycles. The monoisotopic (exact) mass is 258 g/mol. The van der Waals surface area contributed by atoms with Crippen molar-refractivity contribution in [3.8, 4) is 0 Å². The Hall–Kier alpha value is 0.0500. The lowest BCUT2D eigenvalue weighted by molar-refractivity contribution is 0.802. The normalized spacial score (nSPS) is 11.7. The lowest BCUT2D eigenvalue weighted by Crippen LogP contribution is -2.07. The van der Waals surface area contributed by atoms with Crippen molar-refractivity contribution in [2.24, 2.45) is 0 Å². The van der Waals surface area contributed by atoms with E-state index < -0.39 is 0 Å². The second kappa shape index (κ2) is 4.52. The van der Waals surface area contributed by atoms with Crippen LogP contribution in [0.15, 0.2) is 28.7 Å². The quantitative estimate of drug-likeness (QED) is 0.754. The maximum absolute atomic E-state index is 3.55. The first-order valence-electron chi connectivity index (χ1n) is 4.36. The molecule has 0 fully saturated rings. The van der Waals surface area contributed by atoms with Crippen LogP contribution in [-0.4, -0.2) is 4.75 Å². The molecule has 1 aromatic rings. The lowest BCUT2D eigenvalue weighted by atomic mass is 10.2. The van der Waals surface area contributed by atoms with Gasteiger partial charge in [-0.1, -0.05) is 54.9 Å². The van der Waals surface area contributed by atoms with Gasteiger partial charge in [-0.3, -0.25) is 0 Å². The second-order valence-electron chi connectivity index (χ2n) is 3.99. The fourth-order valence-corrected chi connectivity index (χ4v) is 2.36. The van der Waals surface area contributed by atoms with Gasteiger partial charge in [0.05, 0.1) is 0 Å². The summed E-state index contributed by atoms with van der Waals surface area (Å²) >= 11 is 5.52. The molecule has 0 bridgehead atoms. The third kappa shape index (κ3) is 4.19. The van der Waals surface area contributed by atoms with Crippen LogP contribution >= 0.6 is 27.7 Å². The smallest absolute Gasteiger partial charge is 0.0215 e. The SMILES string of the molecule is CC(C)(C)SCc1ccccc1Br. The van der Waals surface area contributed by atoms with Gasteiger partial charge < -0.3 is 0 Å². The van der Waals surface area contributed by atoms with Gasteiger partial charge in [0.2, 0.25) is 0 Å². The van der Waals surface area contributed by atoms with Crippen molar-refractivity contribution in [3.05, 3.63) is 34.3 Å². The first-order valence-corrected chi connectivity index (χ1v) is 6.14. The van der Waals surface area contributed by atoms with E-state index >= 15 is 0 Å². The van der Waals surface area contributed by atoms with E-state index in [4.69, 9.17) is 0 Å². The Morgan fingerprint density at radius 2 is 1.85 bits per heavy atom. The van der Waals surface area contributed by atoms with Crippen LogP contribution in [0.25, 0.3) is 0 Å². The Balaban J connectivity index is 2.60. The van der Waals surface area contributed by atoms with E-state index in [1.54, 1.807) is 0 Å². The zero-order valence-corrected chi connectivity index (χ0v) is 10.7. The van der Waals surface area contributed by atoms with Crippen LogP contribution in [0.4, 0.5) is 0 Å². The second-order valence-corrected chi connectivity index (χ2v) is 6.65. The van der Waals surface area contributed by atoms with E-state index in [2.05, 4.69) is 61.0 Å². The van der Waals surface area contributed by atoms with Crippen molar-refractivity contribution in [1.82, 2.24) is 0 Å². The van der Waals surface area contributed by atoms with Crippen LogP contribution < -0.4 is 0 Å². The number of rotatable bonds is 2. The molecule has 0 heterocycles. The molecule has 0 amide bonds. The molecule has 0 atom stereocenters. The molecule has 1 rings (SSSR count). The van der Waals surface area contributed by atoms with Crippen molar-refractivity contribution >= 4 is 27.7 Å². The molecule has 2 heteroatoms. The fourth-order valence-electron chi connectivity index (χ4n) is 0.910. The lowest BCUT2D eigenvalue weighted by Gasteiger charge is -2.17. The Morgan fingerprint density at radius 3 is 2.38 bits per heavy atom. The molecule has 0 spiro atoms. The average molecular weight is 259 g/mol. The molecule has 72 valence electrons. The zero-order valence-electron chi connectivity index (χ0n) is 8.30. The van der Waals surface area contributed by atoms with Gasteiger partial charge in [0.1, 0.15) is 0 Å². The zero-order chi connectivity index (χ0) is 9.90. The van der Waals surface area contributed by atoms with Gasteiger partial charge in [-0.15, -0.1) is 0 Å². The highest BCUT2D eigenvalue weighted by atomic mass is 79.9. The maximum atomic E-state index is 3.55. The number of hydrogen-bond donors (Lipinski definition) is 0. The van der Waals surface area contributed by atoms with E-state index in [1.807, 2.05) is 11.8 Å². The minimum atomic E-state index is 0.343. The maximum Gasteiger partial charge on any atom is 0.0215 e. The molecule has 0 saturated carbocycles. The predicted molar refractivity (Wildman–Crippen MR) is 65.2 cm³/mol. The van der Waals surface area contributed by atoms with E-state index in [0.29, 0.717) is 4.75 Å². The highest BCUT2D eigenvalue weighted by molar-refractivity contribution is 9.10. The van der Waals surface area contributed by atoms with Crippen LogP contribution in [0.5, 0.6) is 0 Å². The molecule has 0 radical (unpaired) electrons. The van der Waals surface area contributed by atoms with Crippen molar-refractivity contribution in [2.45, 2.75) is 31.3 Å². The summed E-state index contributed by atoms with van der Waals surface area (Å²) in [6.45, 7) is 6.73. The van der Waals surface area contributed by atoms with E-state index in [0.717, 1.165) is 5.75 Å². The Kier molecular flexibility index (Phi) is 3.87. The summed E-state index contributed by atoms with van der Waals surface area (Å²) in [5.74, 6) is 1.07. The Morgan fingerprint density at radius 1 is 1.23 bits per heavy atom. The summed E-state index contributed by atoms with van der Waals surface area (Å²) in [6.07, 6.45) is 0. The molecule has 0 aliphatic carbocycles. The topological polar surface area (TPSA) is 0 Å². The van der Waals surface area contributed by atoms with Crippen LogP contribution in [0.1, 0.15) is 26.3 Å². The van der Waals surface area contributed by atoms with Crippen molar-refractivity contribution < 1.29 is 0 Å². The van der Waals surface area contributed by atoms with Gasteiger partial charge in [0.25, 0.3) is 0 Å². The Bertz CT molecular complexity index is 276. The molecule has 0 nitrogen and oxygen atoms in total. The molecule has 0 N–H and O–H groups in total. The van der Waals surface area contributed by atoms with Gasteiger partial charge in [-0.05, 0) is 11.6 Å². The van der Waals surface area contributed by atoms with Crippen molar-refractivity contribution in [1.29, 1.82) is 0 Å². The molecule has 13 heavy (non-hydrogen) atoms. The van der Waals surface area contributed by atoms with Gasteiger partial charge in [-0.25, -0.2) is 0 Å². The van der Waals surface area contributed by atoms with Gasteiger partial charge in [-0.2, -0.15) is 11.8 Å². The minimum absolute atomic E-state index is 0.343. The van der Waals surface area contributed by atoms with E-state index in [-0.39, 0.29) is 0 Å². The van der Waals surface area contributed by atoms with E-state index in [9.17, 15) is 0 Å². The summed E-state index contributed by atoms with van der Waals surface area (Å²) in [6, 6.07) is 8.40. The largest absolute Gasteiger partial charge is 0.151 e. The van der Waals surface area contributed by atoms with E-state index in [1.165, 1.54) is 10.0 Å². The van der Waals surface area contributed by atoms with Gasteiger partial charge in [0.15, 0.2) is 0 Å². The highest BCUT2D eigenvalue weighted by Gasteiger charge is 2.11. The first kappa shape index (κ1) is 11.1. The van der Waals surface area contributed by atoms with Gasteiger partial charge >= 0.3 is 0 Å². The molecular formula is C11H15BrS. The number of thioether (sulfide) groups is 1. The predicted octanol–water partition coefficient (Wildman–Crippen LogP) is 4.48. The van der Waals surface area contributed by atoms with Gasteiger partial charge in [0, 0.05) is 15.0 Å². The van der Waals surface area contributed by atoms with Crippen LogP contribution in [-0.2, 0) is 5.75 Å². The Labute approximate surface area is 93.2 Å². The highest BCUT2D eigenvalue weighted by Crippen LogP contribution is 2.29. The third-order valence-corrected chi connectivity index (χ3v) is 3.71.